The number of hydrogen-bond acceptors (Lipinski definition) is 5. The molecule has 1 N–H and O–H groups in total. The Hall–Kier alpha value is -1.72. The van der Waals surface area contributed by atoms with Gasteiger partial charge in [-0.15, -0.1) is 0 Å². The highest BCUT2D eigenvalue weighted by molar-refractivity contribution is 5.60. The highest BCUT2D eigenvalue weighted by Gasteiger charge is 2.07. The second kappa shape index (κ2) is 2.91. The van der Waals surface area contributed by atoms with E-state index in [2.05, 4.69) is 19.2 Å². The standard InChI is InChI=1S/C5H5NO5/c1-9-3-2-4(11-6-3)10-5(7)8/h2H,1H3,(H,7,8). The molecule has 0 radical (unpaired) electrons. The fourth-order valence-electron chi connectivity index (χ4n) is 0.474. The third-order valence-electron chi connectivity index (χ3n) is 0.864. The summed E-state index contributed by atoms with van der Waals surface area (Å²) in [6.45, 7) is 0. The molecule has 60 valence electrons. The van der Waals surface area contributed by atoms with Crippen LogP contribution in [-0.2, 0) is 0 Å². The molecule has 0 aromatic carbocycles. The molecule has 0 unspecified atom stereocenters. The van der Waals surface area contributed by atoms with Gasteiger partial charge in [0, 0.05) is 0 Å². The van der Waals surface area contributed by atoms with Crippen molar-refractivity contribution < 1.29 is 23.9 Å². The molecule has 0 fully saturated rings. The monoisotopic (exact) mass is 159 g/mol. The molecule has 1 aromatic rings. The largest absolute Gasteiger partial charge is 0.513 e. The van der Waals surface area contributed by atoms with Crippen molar-refractivity contribution in [1.82, 2.24) is 5.16 Å². The van der Waals surface area contributed by atoms with Crippen LogP contribution in [0.3, 0.4) is 0 Å². The van der Waals surface area contributed by atoms with Gasteiger partial charge in [0.1, 0.15) is 0 Å². The van der Waals surface area contributed by atoms with Crippen molar-refractivity contribution in [3.8, 4) is 11.8 Å². The average Bonchev–Trinajstić information content (AvgIpc) is 2.34. The Morgan fingerprint density at radius 1 is 1.82 bits per heavy atom. The molecule has 0 aliphatic rings. The van der Waals surface area contributed by atoms with Gasteiger partial charge < -0.3 is 19.1 Å². The SMILES string of the molecule is COc1cc(OC(=O)O)on1. The third kappa shape index (κ3) is 1.85. The lowest BCUT2D eigenvalue weighted by Gasteiger charge is -1.87. The molecule has 1 rings (SSSR count). The van der Waals surface area contributed by atoms with Gasteiger partial charge in [0.2, 0.25) is 0 Å². The van der Waals surface area contributed by atoms with E-state index in [-0.39, 0.29) is 11.8 Å². The van der Waals surface area contributed by atoms with Crippen LogP contribution in [0.2, 0.25) is 0 Å². The van der Waals surface area contributed by atoms with E-state index < -0.39 is 6.16 Å². The number of hydrogen-bond donors (Lipinski definition) is 1. The molecule has 6 nitrogen and oxygen atoms in total. The zero-order chi connectivity index (χ0) is 8.27. The number of aromatic nitrogens is 1. The fraction of sp³-hybridized carbons (Fsp3) is 0.200. The first-order valence-corrected chi connectivity index (χ1v) is 2.64. The zero-order valence-corrected chi connectivity index (χ0v) is 5.60. The van der Waals surface area contributed by atoms with Crippen molar-refractivity contribution >= 4 is 6.16 Å². The predicted octanol–water partition coefficient (Wildman–Crippen LogP) is 0.740. The number of ether oxygens (including phenoxy) is 2. The lowest BCUT2D eigenvalue weighted by atomic mass is 10.7. The molecule has 0 saturated heterocycles. The fourth-order valence-corrected chi connectivity index (χ4v) is 0.474. The van der Waals surface area contributed by atoms with Crippen LogP contribution in [0.4, 0.5) is 4.79 Å². The minimum Gasteiger partial charge on any atom is -0.479 e. The molecule has 0 atom stereocenters. The predicted molar refractivity (Wildman–Crippen MR) is 31.7 cm³/mol. The van der Waals surface area contributed by atoms with E-state index in [9.17, 15) is 4.79 Å². The van der Waals surface area contributed by atoms with Crippen LogP contribution < -0.4 is 9.47 Å². The molecule has 11 heavy (non-hydrogen) atoms. The van der Waals surface area contributed by atoms with Crippen LogP contribution in [0.5, 0.6) is 11.8 Å². The van der Waals surface area contributed by atoms with Crippen LogP contribution in [-0.4, -0.2) is 23.5 Å². The summed E-state index contributed by atoms with van der Waals surface area (Å²) in [4.78, 5) is 9.92. The summed E-state index contributed by atoms with van der Waals surface area (Å²) in [5.41, 5.74) is 0. The number of rotatable bonds is 2. The Balaban J connectivity index is 2.65. The summed E-state index contributed by atoms with van der Waals surface area (Å²) < 4.78 is 13.1. The van der Waals surface area contributed by atoms with Gasteiger partial charge in [-0.25, -0.2) is 4.79 Å². The first-order valence-electron chi connectivity index (χ1n) is 2.64. The maximum absolute atomic E-state index is 9.92. The second-order valence-corrected chi connectivity index (χ2v) is 1.56. The quantitative estimate of drug-likeness (QED) is 0.641. The van der Waals surface area contributed by atoms with Crippen molar-refractivity contribution in [3.63, 3.8) is 0 Å². The molecule has 0 bridgehead atoms. The van der Waals surface area contributed by atoms with Crippen LogP contribution in [0.1, 0.15) is 0 Å². The minimum absolute atomic E-state index is 0.168. The molecule has 0 spiro atoms. The maximum Gasteiger partial charge on any atom is 0.513 e. The van der Waals surface area contributed by atoms with E-state index in [0.717, 1.165) is 0 Å². The molecule has 6 heteroatoms. The molecule has 0 amide bonds. The normalized spacial score (nSPS) is 9.18. The molecular formula is C5H5NO5. The van der Waals surface area contributed by atoms with Crippen LogP contribution in [0.15, 0.2) is 10.6 Å². The van der Waals surface area contributed by atoms with Crippen LogP contribution in [0, 0.1) is 0 Å². The van der Waals surface area contributed by atoms with E-state index in [1.165, 1.54) is 13.2 Å². The Morgan fingerprint density at radius 2 is 2.55 bits per heavy atom. The Kier molecular flexibility index (Phi) is 1.95. The van der Waals surface area contributed by atoms with Gasteiger partial charge in [0.25, 0.3) is 5.88 Å². The second-order valence-electron chi connectivity index (χ2n) is 1.56. The van der Waals surface area contributed by atoms with Crippen molar-refractivity contribution in [2.24, 2.45) is 0 Å². The summed E-state index contributed by atoms with van der Waals surface area (Å²) in [6.07, 6.45) is -1.45. The molecule has 1 aromatic heterocycles. The smallest absolute Gasteiger partial charge is 0.479 e. The van der Waals surface area contributed by atoms with Crippen molar-refractivity contribution in [3.05, 3.63) is 6.07 Å². The Labute approximate surface area is 61.3 Å². The van der Waals surface area contributed by atoms with Crippen LogP contribution in [0.25, 0.3) is 0 Å². The van der Waals surface area contributed by atoms with E-state index in [0.29, 0.717) is 0 Å². The average molecular weight is 159 g/mol. The van der Waals surface area contributed by atoms with Gasteiger partial charge in [0.05, 0.1) is 13.2 Å². The van der Waals surface area contributed by atoms with Gasteiger partial charge in [-0.05, 0) is 5.16 Å². The summed E-state index contributed by atoms with van der Waals surface area (Å²) in [5.74, 6) is -0.0457. The maximum atomic E-state index is 9.92. The third-order valence-corrected chi connectivity index (χ3v) is 0.864. The van der Waals surface area contributed by atoms with Crippen LogP contribution >= 0.6 is 0 Å². The van der Waals surface area contributed by atoms with Crippen molar-refractivity contribution in [2.75, 3.05) is 7.11 Å². The molecule has 0 aliphatic carbocycles. The Bertz CT molecular complexity index is 255. The molecule has 0 saturated carbocycles. The van der Waals surface area contributed by atoms with Crippen molar-refractivity contribution in [1.29, 1.82) is 0 Å². The lowest BCUT2D eigenvalue weighted by Crippen LogP contribution is -2.01. The minimum atomic E-state index is -1.45. The van der Waals surface area contributed by atoms with E-state index in [1.807, 2.05) is 0 Å². The topological polar surface area (TPSA) is 81.8 Å². The molecule has 0 aliphatic heterocycles. The van der Waals surface area contributed by atoms with E-state index in [4.69, 9.17) is 5.11 Å². The molecule has 1 heterocycles. The van der Waals surface area contributed by atoms with Gasteiger partial charge in [0.15, 0.2) is 0 Å². The zero-order valence-electron chi connectivity index (χ0n) is 5.60. The number of methoxy groups -OCH3 is 1. The summed E-state index contributed by atoms with van der Waals surface area (Å²) in [5, 5.41) is 11.4. The lowest BCUT2D eigenvalue weighted by molar-refractivity contribution is 0.128. The summed E-state index contributed by atoms with van der Waals surface area (Å²) >= 11 is 0. The number of nitrogens with zero attached hydrogens (tertiary/aromatic N) is 1. The van der Waals surface area contributed by atoms with Gasteiger partial charge in [-0.3, -0.25) is 0 Å². The summed E-state index contributed by atoms with van der Waals surface area (Å²) in [6, 6.07) is 1.22. The highest BCUT2D eigenvalue weighted by Crippen LogP contribution is 2.17. The summed E-state index contributed by atoms with van der Waals surface area (Å²) in [7, 11) is 1.38. The Morgan fingerprint density at radius 3 is 3.00 bits per heavy atom. The van der Waals surface area contributed by atoms with Gasteiger partial charge >= 0.3 is 12.1 Å². The van der Waals surface area contributed by atoms with Gasteiger partial charge in [-0.2, -0.15) is 0 Å². The van der Waals surface area contributed by atoms with E-state index >= 15 is 0 Å². The highest BCUT2D eigenvalue weighted by atomic mass is 16.7. The van der Waals surface area contributed by atoms with Crippen molar-refractivity contribution in [2.45, 2.75) is 0 Å². The van der Waals surface area contributed by atoms with Gasteiger partial charge in [-0.1, -0.05) is 0 Å². The molecular weight excluding hydrogens is 154 g/mol. The number of carboxylic acid groups (broad SMARTS) is 1. The first-order chi connectivity index (χ1) is 5.22. The van der Waals surface area contributed by atoms with E-state index in [1.54, 1.807) is 0 Å². The first kappa shape index (κ1) is 7.39. The number of carbonyl (C=O) groups is 1.